The Bertz CT molecular complexity index is 2730. The fraction of sp³-hybridized carbons (Fsp3) is 0. The SMILES string of the molecule is c1cc(-c2ccc3c4ccccc4n(-c4ncc5sc6ccccc6c5n4)c3c2)cc(-n2c3ccccc3c3ccccc32)c1. The van der Waals surface area contributed by atoms with E-state index in [1.54, 1.807) is 11.3 Å². The van der Waals surface area contributed by atoms with Crippen molar-refractivity contribution in [2.45, 2.75) is 0 Å². The van der Waals surface area contributed by atoms with Gasteiger partial charge >= 0.3 is 0 Å². The van der Waals surface area contributed by atoms with Gasteiger partial charge in [0.1, 0.15) is 0 Å². The molecule has 0 unspecified atom stereocenters. The van der Waals surface area contributed by atoms with Crippen LogP contribution in [-0.2, 0) is 0 Å². The summed E-state index contributed by atoms with van der Waals surface area (Å²) in [7, 11) is 0. The van der Waals surface area contributed by atoms with Gasteiger partial charge in [-0.1, -0.05) is 97.1 Å². The lowest BCUT2D eigenvalue weighted by Gasteiger charge is -2.11. The molecular weight excluding hydrogens is 569 g/mol. The van der Waals surface area contributed by atoms with Gasteiger partial charge in [0.15, 0.2) is 0 Å². The van der Waals surface area contributed by atoms with Crippen LogP contribution in [0.1, 0.15) is 0 Å². The van der Waals surface area contributed by atoms with Crippen molar-refractivity contribution in [2.75, 3.05) is 0 Å². The molecule has 0 bridgehead atoms. The summed E-state index contributed by atoms with van der Waals surface area (Å²) in [6, 6.07) is 50.0. The van der Waals surface area contributed by atoms with E-state index >= 15 is 0 Å². The first-order valence-electron chi connectivity index (χ1n) is 15.1. The van der Waals surface area contributed by atoms with E-state index in [1.807, 2.05) is 6.20 Å². The first-order chi connectivity index (χ1) is 22.3. The third kappa shape index (κ3) is 3.59. The lowest BCUT2D eigenvalue weighted by Crippen LogP contribution is -2.00. The maximum atomic E-state index is 5.17. The van der Waals surface area contributed by atoms with E-state index in [4.69, 9.17) is 9.97 Å². The maximum Gasteiger partial charge on any atom is 0.235 e. The van der Waals surface area contributed by atoms with Gasteiger partial charge in [0.2, 0.25) is 5.95 Å². The van der Waals surface area contributed by atoms with Crippen molar-refractivity contribution in [1.29, 1.82) is 0 Å². The zero-order valence-corrected chi connectivity index (χ0v) is 24.9. The second-order valence-corrected chi connectivity index (χ2v) is 12.6. The first kappa shape index (κ1) is 24.6. The van der Waals surface area contributed by atoms with Gasteiger partial charge in [-0.25, -0.2) is 9.97 Å². The highest BCUT2D eigenvalue weighted by atomic mass is 32.1. The van der Waals surface area contributed by atoms with Crippen molar-refractivity contribution in [2.24, 2.45) is 0 Å². The molecule has 4 aromatic heterocycles. The van der Waals surface area contributed by atoms with Crippen molar-refractivity contribution >= 4 is 75.3 Å². The molecule has 4 heterocycles. The van der Waals surface area contributed by atoms with Crippen molar-refractivity contribution in [1.82, 2.24) is 19.1 Å². The minimum atomic E-state index is 0.688. The van der Waals surface area contributed by atoms with Gasteiger partial charge in [-0.2, -0.15) is 0 Å². The number of thiophene rings is 1. The molecule has 0 N–H and O–H groups in total. The normalized spacial score (nSPS) is 12.0. The Labute approximate surface area is 262 Å². The second kappa shape index (κ2) is 9.36. The Morgan fingerprint density at radius 2 is 1.04 bits per heavy atom. The van der Waals surface area contributed by atoms with E-state index in [2.05, 4.69) is 149 Å². The third-order valence-electron chi connectivity index (χ3n) is 9.00. The van der Waals surface area contributed by atoms with Gasteiger partial charge in [-0.05, 0) is 53.6 Å². The number of rotatable bonds is 3. The molecule has 0 saturated carbocycles. The summed E-state index contributed by atoms with van der Waals surface area (Å²) in [6.07, 6.45) is 1.97. The number of fused-ring (bicyclic) bond motifs is 9. The van der Waals surface area contributed by atoms with Gasteiger partial charge in [0, 0.05) is 37.3 Å². The summed E-state index contributed by atoms with van der Waals surface area (Å²) >= 11 is 1.74. The van der Waals surface area contributed by atoms with E-state index in [9.17, 15) is 0 Å². The quantitative estimate of drug-likeness (QED) is 0.205. The predicted octanol–water partition coefficient (Wildman–Crippen LogP) is 10.7. The summed E-state index contributed by atoms with van der Waals surface area (Å²) in [4.78, 5) is 10.1. The Morgan fingerprint density at radius 1 is 0.444 bits per heavy atom. The molecule has 6 aromatic carbocycles. The molecule has 210 valence electrons. The molecule has 5 heteroatoms. The molecule has 0 spiro atoms. The Balaban J connectivity index is 1.19. The smallest absolute Gasteiger partial charge is 0.235 e. The lowest BCUT2D eigenvalue weighted by atomic mass is 10.0. The standard InChI is InChI=1S/C40H24N4S/c1-5-16-33-28(12-1)29-13-2-6-17-34(29)43(33)27-11-9-10-25(22-27)26-20-21-31-30-14-3-7-18-35(30)44(36(31)23-26)40-41-24-38-39(42-40)32-15-4-8-19-37(32)45-38/h1-24H. The van der Waals surface area contributed by atoms with E-state index in [-0.39, 0.29) is 0 Å². The average molecular weight is 593 g/mol. The minimum Gasteiger partial charge on any atom is -0.309 e. The van der Waals surface area contributed by atoms with Crippen LogP contribution >= 0.6 is 11.3 Å². The molecule has 0 atom stereocenters. The summed E-state index contributed by atoms with van der Waals surface area (Å²) < 4.78 is 6.92. The molecule has 0 aliphatic rings. The number of nitrogens with zero attached hydrogens (tertiary/aromatic N) is 4. The first-order valence-corrected chi connectivity index (χ1v) is 15.9. The summed E-state index contributed by atoms with van der Waals surface area (Å²) in [5.74, 6) is 0.688. The Hall–Kier alpha value is -5.78. The van der Waals surface area contributed by atoms with Crippen LogP contribution in [0.2, 0.25) is 0 Å². The number of hydrogen-bond acceptors (Lipinski definition) is 3. The van der Waals surface area contributed by atoms with Gasteiger partial charge in [0.05, 0.1) is 38.5 Å². The zero-order valence-electron chi connectivity index (χ0n) is 24.1. The van der Waals surface area contributed by atoms with Gasteiger partial charge < -0.3 is 4.57 Å². The fourth-order valence-electron chi connectivity index (χ4n) is 7.00. The minimum absolute atomic E-state index is 0.688. The Kier molecular flexibility index (Phi) is 5.12. The van der Waals surface area contributed by atoms with Gasteiger partial charge in [0.25, 0.3) is 0 Å². The second-order valence-electron chi connectivity index (χ2n) is 11.5. The lowest BCUT2D eigenvalue weighted by molar-refractivity contribution is 1.01. The molecule has 0 saturated heterocycles. The molecule has 10 aromatic rings. The van der Waals surface area contributed by atoms with Crippen LogP contribution in [0.3, 0.4) is 0 Å². The number of benzene rings is 6. The molecule has 10 rings (SSSR count). The fourth-order valence-corrected chi connectivity index (χ4v) is 8.01. The molecule has 0 fully saturated rings. The van der Waals surface area contributed by atoms with Crippen molar-refractivity contribution < 1.29 is 0 Å². The summed E-state index contributed by atoms with van der Waals surface area (Å²) in [5, 5.41) is 6.08. The van der Waals surface area contributed by atoms with Crippen LogP contribution < -0.4 is 0 Å². The van der Waals surface area contributed by atoms with Crippen LogP contribution in [-0.4, -0.2) is 19.1 Å². The van der Waals surface area contributed by atoms with Gasteiger partial charge in [-0.15, -0.1) is 11.3 Å². The van der Waals surface area contributed by atoms with E-state index in [0.717, 1.165) is 38.1 Å². The number of para-hydroxylation sites is 3. The molecular formula is C40H24N4S. The van der Waals surface area contributed by atoms with Crippen LogP contribution in [0, 0.1) is 0 Å². The van der Waals surface area contributed by atoms with Crippen LogP contribution in [0.15, 0.2) is 146 Å². The summed E-state index contributed by atoms with van der Waals surface area (Å²) in [5.41, 5.74) is 9.06. The molecule has 0 aliphatic carbocycles. The molecule has 0 amide bonds. The highest BCUT2D eigenvalue weighted by Gasteiger charge is 2.17. The van der Waals surface area contributed by atoms with E-state index in [0.29, 0.717) is 5.95 Å². The van der Waals surface area contributed by atoms with E-state index < -0.39 is 0 Å². The van der Waals surface area contributed by atoms with Crippen molar-refractivity contribution in [3.8, 4) is 22.8 Å². The molecule has 4 nitrogen and oxygen atoms in total. The highest BCUT2D eigenvalue weighted by molar-refractivity contribution is 7.25. The zero-order chi connectivity index (χ0) is 29.5. The monoisotopic (exact) mass is 592 g/mol. The molecule has 0 aliphatic heterocycles. The Morgan fingerprint density at radius 3 is 1.78 bits per heavy atom. The highest BCUT2D eigenvalue weighted by Crippen LogP contribution is 2.38. The topological polar surface area (TPSA) is 35.6 Å². The molecule has 45 heavy (non-hydrogen) atoms. The maximum absolute atomic E-state index is 5.17. The molecule has 0 radical (unpaired) electrons. The van der Waals surface area contributed by atoms with Gasteiger partial charge in [-0.3, -0.25) is 4.57 Å². The van der Waals surface area contributed by atoms with Crippen LogP contribution in [0.5, 0.6) is 0 Å². The predicted molar refractivity (Wildman–Crippen MR) is 189 cm³/mol. The third-order valence-corrected chi connectivity index (χ3v) is 10.1. The van der Waals surface area contributed by atoms with Crippen molar-refractivity contribution in [3.05, 3.63) is 146 Å². The average Bonchev–Trinajstić information content (AvgIpc) is 3.75. The largest absolute Gasteiger partial charge is 0.309 e. The summed E-state index contributed by atoms with van der Waals surface area (Å²) in [6.45, 7) is 0. The van der Waals surface area contributed by atoms with E-state index in [1.165, 1.54) is 42.7 Å². The van der Waals surface area contributed by atoms with Crippen LogP contribution in [0.25, 0.3) is 86.7 Å². The van der Waals surface area contributed by atoms with Crippen LogP contribution in [0.4, 0.5) is 0 Å². The number of aromatic nitrogens is 4. The number of hydrogen-bond donors (Lipinski definition) is 0. The van der Waals surface area contributed by atoms with Crippen molar-refractivity contribution in [3.63, 3.8) is 0 Å².